The van der Waals surface area contributed by atoms with Gasteiger partial charge in [-0.05, 0) is 30.0 Å². The molecule has 0 fully saturated rings. The third-order valence-corrected chi connectivity index (χ3v) is 3.39. The second-order valence-corrected chi connectivity index (χ2v) is 5.47. The van der Waals surface area contributed by atoms with Crippen LogP contribution >= 0.6 is 15.9 Å². The first kappa shape index (κ1) is 14.2. The van der Waals surface area contributed by atoms with Crippen LogP contribution in [0.1, 0.15) is 31.1 Å². The SMILES string of the molecule is CC(C)C(C)CNC(=O)c1ccc(Br)cc1F. The highest BCUT2D eigenvalue weighted by molar-refractivity contribution is 9.10. The van der Waals surface area contributed by atoms with Crippen molar-refractivity contribution < 1.29 is 9.18 Å². The Labute approximate surface area is 110 Å². The molecule has 0 saturated heterocycles. The predicted octanol–water partition coefficient (Wildman–Crippen LogP) is 3.61. The van der Waals surface area contributed by atoms with Gasteiger partial charge in [-0.1, -0.05) is 36.7 Å². The fourth-order valence-electron chi connectivity index (χ4n) is 1.26. The third kappa shape index (κ3) is 4.11. The summed E-state index contributed by atoms with van der Waals surface area (Å²) in [4.78, 5) is 11.7. The zero-order chi connectivity index (χ0) is 13.0. The highest BCUT2D eigenvalue weighted by Gasteiger charge is 2.13. The molecule has 1 rings (SSSR count). The largest absolute Gasteiger partial charge is 0.352 e. The number of hydrogen-bond donors (Lipinski definition) is 1. The van der Waals surface area contributed by atoms with E-state index in [1.165, 1.54) is 12.1 Å². The Morgan fingerprint density at radius 2 is 2.06 bits per heavy atom. The van der Waals surface area contributed by atoms with Gasteiger partial charge in [0.15, 0.2) is 0 Å². The van der Waals surface area contributed by atoms with Crippen LogP contribution in [0.5, 0.6) is 0 Å². The standard InChI is InChI=1S/C13H17BrFNO/c1-8(2)9(3)7-16-13(17)11-5-4-10(14)6-12(11)15/h4-6,8-9H,7H2,1-3H3,(H,16,17). The number of benzene rings is 1. The molecule has 1 N–H and O–H groups in total. The molecule has 0 aliphatic rings. The molecular formula is C13H17BrFNO. The molecule has 0 bridgehead atoms. The van der Waals surface area contributed by atoms with Gasteiger partial charge in [0, 0.05) is 11.0 Å². The molecule has 0 heterocycles. The molecule has 1 atom stereocenters. The molecule has 2 nitrogen and oxygen atoms in total. The zero-order valence-corrected chi connectivity index (χ0v) is 11.8. The summed E-state index contributed by atoms with van der Waals surface area (Å²) in [6.07, 6.45) is 0. The molecule has 0 radical (unpaired) electrons. The lowest BCUT2D eigenvalue weighted by Gasteiger charge is -2.16. The molecule has 0 aliphatic carbocycles. The number of hydrogen-bond acceptors (Lipinski definition) is 1. The molecule has 1 aromatic rings. The van der Waals surface area contributed by atoms with Gasteiger partial charge in [0.2, 0.25) is 0 Å². The minimum Gasteiger partial charge on any atom is -0.352 e. The van der Waals surface area contributed by atoms with Gasteiger partial charge < -0.3 is 5.32 Å². The van der Waals surface area contributed by atoms with Crippen molar-refractivity contribution in [3.63, 3.8) is 0 Å². The number of nitrogens with one attached hydrogen (secondary N) is 1. The summed E-state index contributed by atoms with van der Waals surface area (Å²) in [5.74, 6) is -0.000834. The molecule has 1 unspecified atom stereocenters. The average Bonchev–Trinajstić information content (AvgIpc) is 2.25. The van der Waals surface area contributed by atoms with Crippen LogP contribution in [0.4, 0.5) is 4.39 Å². The van der Waals surface area contributed by atoms with Crippen LogP contribution in [0.25, 0.3) is 0 Å². The Morgan fingerprint density at radius 1 is 1.41 bits per heavy atom. The molecule has 1 aromatic carbocycles. The van der Waals surface area contributed by atoms with Crippen LogP contribution in [0.3, 0.4) is 0 Å². The van der Waals surface area contributed by atoms with Crippen molar-refractivity contribution in [3.8, 4) is 0 Å². The van der Waals surface area contributed by atoms with E-state index in [2.05, 4.69) is 42.0 Å². The van der Waals surface area contributed by atoms with Gasteiger partial charge in [-0.25, -0.2) is 4.39 Å². The van der Waals surface area contributed by atoms with Crippen molar-refractivity contribution in [2.75, 3.05) is 6.54 Å². The second kappa shape index (κ2) is 6.15. The normalized spacial score (nSPS) is 12.6. The third-order valence-electron chi connectivity index (χ3n) is 2.90. The summed E-state index contributed by atoms with van der Waals surface area (Å²) in [6, 6.07) is 4.43. The molecule has 94 valence electrons. The molecular weight excluding hydrogens is 285 g/mol. The Hall–Kier alpha value is -0.900. The number of rotatable bonds is 4. The Balaban J connectivity index is 2.64. The fraction of sp³-hybridized carbons (Fsp3) is 0.462. The van der Waals surface area contributed by atoms with Crippen molar-refractivity contribution in [2.24, 2.45) is 11.8 Å². The molecule has 1 amide bonds. The minimum absolute atomic E-state index is 0.0872. The van der Waals surface area contributed by atoms with Crippen molar-refractivity contribution >= 4 is 21.8 Å². The van der Waals surface area contributed by atoms with E-state index >= 15 is 0 Å². The van der Waals surface area contributed by atoms with E-state index in [0.29, 0.717) is 22.9 Å². The highest BCUT2D eigenvalue weighted by Crippen LogP contribution is 2.15. The Bertz CT molecular complexity index is 406. The van der Waals surface area contributed by atoms with E-state index in [4.69, 9.17) is 0 Å². The summed E-state index contributed by atoms with van der Waals surface area (Å²) < 4.78 is 14.1. The maximum absolute atomic E-state index is 13.5. The van der Waals surface area contributed by atoms with Crippen molar-refractivity contribution in [3.05, 3.63) is 34.1 Å². The van der Waals surface area contributed by atoms with E-state index in [-0.39, 0.29) is 11.5 Å². The second-order valence-electron chi connectivity index (χ2n) is 4.56. The number of amides is 1. The maximum Gasteiger partial charge on any atom is 0.254 e. The molecule has 0 aromatic heterocycles. The van der Waals surface area contributed by atoms with E-state index in [1.807, 2.05) is 0 Å². The van der Waals surface area contributed by atoms with Crippen LogP contribution in [-0.2, 0) is 0 Å². The van der Waals surface area contributed by atoms with E-state index in [9.17, 15) is 9.18 Å². The monoisotopic (exact) mass is 301 g/mol. The van der Waals surface area contributed by atoms with Crippen molar-refractivity contribution in [1.29, 1.82) is 0 Å². The van der Waals surface area contributed by atoms with Gasteiger partial charge in [0.1, 0.15) is 5.82 Å². The van der Waals surface area contributed by atoms with Gasteiger partial charge in [0.25, 0.3) is 5.91 Å². The van der Waals surface area contributed by atoms with Crippen molar-refractivity contribution in [1.82, 2.24) is 5.32 Å². The van der Waals surface area contributed by atoms with Crippen LogP contribution in [0.15, 0.2) is 22.7 Å². The molecule has 17 heavy (non-hydrogen) atoms. The number of carbonyl (C=O) groups is 1. The van der Waals surface area contributed by atoms with Gasteiger partial charge >= 0.3 is 0 Å². The van der Waals surface area contributed by atoms with Crippen LogP contribution in [0.2, 0.25) is 0 Å². The van der Waals surface area contributed by atoms with Crippen LogP contribution < -0.4 is 5.32 Å². The smallest absolute Gasteiger partial charge is 0.254 e. The van der Waals surface area contributed by atoms with Gasteiger partial charge in [-0.2, -0.15) is 0 Å². The summed E-state index contributed by atoms with van der Waals surface area (Å²) in [5.41, 5.74) is 0.0872. The molecule has 0 aliphatic heterocycles. The first-order valence-electron chi connectivity index (χ1n) is 5.65. The van der Waals surface area contributed by atoms with Gasteiger partial charge in [-0.3, -0.25) is 4.79 Å². The maximum atomic E-state index is 13.5. The lowest BCUT2D eigenvalue weighted by Crippen LogP contribution is -2.30. The van der Waals surface area contributed by atoms with Crippen molar-refractivity contribution in [2.45, 2.75) is 20.8 Å². The lowest BCUT2D eigenvalue weighted by molar-refractivity contribution is 0.0941. The fourth-order valence-corrected chi connectivity index (χ4v) is 1.59. The quantitative estimate of drug-likeness (QED) is 0.904. The molecule has 0 saturated carbocycles. The summed E-state index contributed by atoms with van der Waals surface area (Å²) >= 11 is 3.15. The zero-order valence-electron chi connectivity index (χ0n) is 10.3. The lowest BCUT2D eigenvalue weighted by atomic mass is 9.98. The molecule has 4 heteroatoms. The van der Waals surface area contributed by atoms with E-state index in [1.54, 1.807) is 6.07 Å². The van der Waals surface area contributed by atoms with E-state index < -0.39 is 5.82 Å². The number of halogens is 2. The van der Waals surface area contributed by atoms with Gasteiger partial charge in [0.05, 0.1) is 5.56 Å². The molecule has 0 spiro atoms. The Morgan fingerprint density at radius 3 is 2.59 bits per heavy atom. The first-order chi connectivity index (χ1) is 7.91. The van der Waals surface area contributed by atoms with Gasteiger partial charge in [-0.15, -0.1) is 0 Å². The van der Waals surface area contributed by atoms with Crippen LogP contribution in [-0.4, -0.2) is 12.5 Å². The minimum atomic E-state index is -0.505. The Kier molecular flexibility index (Phi) is 5.12. The topological polar surface area (TPSA) is 29.1 Å². The van der Waals surface area contributed by atoms with E-state index in [0.717, 1.165) is 0 Å². The summed E-state index contributed by atoms with van der Waals surface area (Å²) in [6.45, 7) is 6.81. The average molecular weight is 302 g/mol. The summed E-state index contributed by atoms with van der Waals surface area (Å²) in [7, 11) is 0. The number of carbonyl (C=O) groups excluding carboxylic acids is 1. The highest BCUT2D eigenvalue weighted by atomic mass is 79.9. The summed E-state index contributed by atoms with van der Waals surface area (Å²) in [5, 5.41) is 2.75. The first-order valence-corrected chi connectivity index (χ1v) is 6.44. The predicted molar refractivity (Wildman–Crippen MR) is 70.4 cm³/mol. The van der Waals surface area contributed by atoms with Crippen LogP contribution in [0, 0.1) is 17.7 Å².